The molecule has 62 valence electrons. The maximum atomic E-state index is 2.58. The molecule has 0 radical (unpaired) electrons. The summed E-state index contributed by atoms with van der Waals surface area (Å²) in [5, 5.41) is 0. The highest BCUT2D eigenvalue weighted by Crippen LogP contribution is 2.55. The fourth-order valence-electron chi connectivity index (χ4n) is 1.57. The van der Waals surface area contributed by atoms with Gasteiger partial charge < -0.3 is 0 Å². The molecule has 0 amide bonds. The molecule has 0 N–H and O–H groups in total. The molecule has 0 aromatic rings. The minimum absolute atomic E-state index is 0.122. The van der Waals surface area contributed by atoms with E-state index in [2.05, 4.69) is 25.6 Å². The van der Waals surface area contributed by atoms with Crippen molar-refractivity contribution in [3.05, 3.63) is 0 Å². The van der Waals surface area contributed by atoms with Crippen molar-refractivity contribution in [1.29, 1.82) is 0 Å². The molecule has 0 aromatic heterocycles. The molecule has 0 spiro atoms. The number of hydrogen-bond donors (Lipinski definition) is 0. The minimum Gasteiger partial charge on any atom is -0.259 e. The van der Waals surface area contributed by atoms with Crippen molar-refractivity contribution in [3.63, 3.8) is 0 Å². The Morgan fingerprint density at radius 1 is 1.10 bits per heavy atom. The Morgan fingerprint density at radius 3 is 2.00 bits per heavy atom. The zero-order chi connectivity index (χ0) is 7.83. The summed E-state index contributed by atoms with van der Waals surface area (Å²) in [7, 11) is -0.857. The number of hydrogen-bond acceptors (Lipinski definition) is 0. The van der Waals surface area contributed by atoms with Crippen LogP contribution in [-0.4, -0.2) is 25.5 Å². The molecule has 1 fully saturated rings. The molecule has 0 saturated carbocycles. The fourth-order valence-corrected chi connectivity index (χ4v) is 8.88. The zero-order valence-corrected chi connectivity index (χ0v) is 9.55. The topological polar surface area (TPSA) is 0 Å². The van der Waals surface area contributed by atoms with Crippen molar-refractivity contribution in [1.82, 2.24) is 0 Å². The lowest BCUT2D eigenvalue weighted by molar-refractivity contribution is 0.868. The average Bonchev–Trinajstić information content (AvgIpc) is 1.77. The van der Waals surface area contributed by atoms with E-state index in [0.717, 1.165) is 0 Å². The molecule has 0 aliphatic carbocycles. The first-order valence-corrected chi connectivity index (χ1v) is 10.7. The van der Waals surface area contributed by atoms with E-state index >= 15 is 0 Å². The highest BCUT2D eigenvalue weighted by molar-refractivity contribution is 8.55. The van der Waals surface area contributed by atoms with Crippen LogP contribution in [0.15, 0.2) is 0 Å². The molecular weight excluding hydrogens is 156 g/mol. The third-order valence-corrected chi connectivity index (χ3v) is 19.2. The Kier molecular flexibility index (Phi) is 2.22. The molecule has 0 unspecified atom stereocenters. The van der Waals surface area contributed by atoms with Crippen LogP contribution in [0, 0.1) is 0 Å². The highest BCUT2D eigenvalue weighted by Gasteiger charge is 2.36. The third-order valence-electron chi connectivity index (χ3n) is 3.18. The molecule has 0 nitrogen and oxygen atoms in total. The molecule has 0 bridgehead atoms. The molecule has 1 heterocycles. The van der Waals surface area contributed by atoms with Crippen molar-refractivity contribution in [2.75, 3.05) is 18.3 Å². The summed E-state index contributed by atoms with van der Waals surface area (Å²) < 4.78 is 0. The second-order valence-electron chi connectivity index (χ2n) is 4.46. The van der Waals surface area contributed by atoms with E-state index in [9.17, 15) is 0 Å². The molecule has 1 saturated heterocycles. The first-order chi connectivity index (χ1) is 4.46. The van der Waals surface area contributed by atoms with Gasteiger partial charge in [0.15, 0.2) is 0 Å². The van der Waals surface area contributed by atoms with Gasteiger partial charge in [0.1, 0.15) is 0 Å². The minimum atomic E-state index is -0.735. The van der Waals surface area contributed by atoms with Crippen LogP contribution in [0.1, 0.15) is 12.8 Å². The van der Waals surface area contributed by atoms with Crippen molar-refractivity contribution in [2.24, 2.45) is 0 Å². The van der Waals surface area contributed by atoms with Gasteiger partial charge >= 0.3 is 0 Å². The summed E-state index contributed by atoms with van der Waals surface area (Å²) in [5.41, 5.74) is 0. The van der Waals surface area contributed by atoms with Gasteiger partial charge in [0.25, 0.3) is 0 Å². The SMILES string of the molecule is C[Si]1(C)CCCCS1(C)C. The van der Waals surface area contributed by atoms with E-state index in [-0.39, 0.29) is 9.48 Å². The largest absolute Gasteiger partial charge is 0.259 e. The van der Waals surface area contributed by atoms with Crippen LogP contribution in [0.4, 0.5) is 0 Å². The maximum Gasteiger partial charge on any atom is 0.0919 e. The first kappa shape index (κ1) is 8.66. The maximum absolute atomic E-state index is 2.58. The van der Waals surface area contributed by atoms with Gasteiger partial charge in [-0.25, -0.2) is 0 Å². The molecule has 0 atom stereocenters. The Morgan fingerprint density at radius 2 is 1.70 bits per heavy atom. The summed E-state index contributed by atoms with van der Waals surface area (Å²) in [6.07, 6.45) is 8.14. The van der Waals surface area contributed by atoms with Gasteiger partial charge in [-0.2, -0.15) is 0 Å². The first-order valence-electron chi connectivity index (χ1n) is 4.16. The van der Waals surface area contributed by atoms with Crippen molar-refractivity contribution < 1.29 is 0 Å². The molecule has 0 aromatic carbocycles. The average molecular weight is 176 g/mol. The van der Waals surface area contributed by atoms with Crippen LogP contribution >= 0.6 is 9.48 Å². The van der Waals surface area contributed by atoms with E-state index < -0.39 is 7.22 Å². The van der Waals surface area contributed by atoms with Gasteiger partial charge in [-0.3, -0.25) is 9.48 Å². The van der Waals surface area contributed by atoms with Crippen LogP contribution in [0.5, 0.6) is 0 Å². The predicted molar refractivity (Wildman–Crippen MR) is 55.8 cm³/mol. The zero-order valence-electron chi connectivity index (χ0n) is 7.74. The second-order valence-corrected chi connectivity index (χ2v) is 18.6. The quantitative estimate of drug-likeness (QED) is 0.498. The van der Waals surface area contributed by atoms with Crippen LogP contribution in [0.2, 0.25) is 19.1 Å². The predicted octanol–water partition coefficient (Wildman–Crippen LogP) is 3.05. The standard InChI is InChI=1S/C8H20SSi/c1-9(2)7-5-6-8-10(9,3)4/h5-8H2,1-4H3. The van der Waals surface area contributed by atoms with Crippen LogP contribution in [-0.2, 0) is 0 Å². The normalized spacial score (nSPS) is 33.2. The van der Waals surface area contributed by atoms with Gasteiger partial charge in [-0.1, -0.05) is 19.5 Å². The van der Waals surface area contributed by atoms with Gasteiger partial charge in [-0.05, 0) is 30.7 Å². The van der Waals surface area contributed by atoms with Gasteiger partial charge in [0.05, 0.1) is 7.22 Å². The Labute approximate surface area is 67.4 Å². The van der Waals surface area contributed by atoms with E-state index in [0.29, 0.717) is 0 Å². The van der Waals surface area contributed by atoms with Crippen molar-refractivity contribution in [3.8, 4) is 0 Å². The number of rotatable bonds is 0. The molecule has 1 rings (SSSR count). The molecular formula is C8H20SSi. The highest BCUT2D eigenvalue weighted by atomic mass is 32.5. The van der Waals surface area contributed by atoms with Crippen molar-refractivity contribution >= 4 is 16.7 Å². The van der Waals surface area contributed by atoms with E-state index in [1.165, 1.54) is 12.8 Å². The van der Waals surface area contributed by atoms with E-state index in [4.69, 9.17) is 0 Å². The second kappa shape index (κ2) is 2.56. The van der Waals surface area contributed by atoms with Crippen molar-refractivity contribution in [2.45, 2.75) is 32.0 Å². The lowest BCUT2D eigenvalue weighted by Gasteiger charge is -2.49. The van der Waals surface area contributed by atoms with Crippen LogP contribution < -0.4 is 0 Å². The fraction of sp³-hybridized carbons (Fsp3) is 1.00. The summed E-state index contributed by atoms with van der Waals surface area (Å²) in [4.78, 5) is 0. The van der Waals surface area contributed by atoms with Gasteiger partial charge in [0.2, 0.25) is 0 Å². The Hall–Kier alpha value is 0.567. The summed E-state index contributed by atoms with van der Waals surface area (Å²) in [6.45, 7) is 5.17. The lowest BCUT2D eigenvalue weighted by Crippen LogP contribution is -2.37. The van der Waals surface area contributed by atoms with E-state index in [1.54, 1.807) is 11.8 Å². The monoisotopic (exact) mass is 176 g/mol. The summed E-state index contributed by atoms with van der Waals surface area (Å²) in [5.74, 6) is 1.56. The Balaban J connectivity index is 2.70. The van der Waals surface area contributed by atoms with Gasteiger partial charge in [-0.15, -0.1) is 0 Å². The van der Waals surface area contributed by atoms with Gasteiger partial charge in [0, 0.05) is 0 Å². The third kappa shape index (κ3) is 1.42. The molecule has 10 heavy (non-hydrogen) atoms. The smallest absolute Gasteiger partial charge is 0.0919 e. The van der Waals surface area contributed by atoms with Crippen LogP contribution in [0.3, 0.4) is 0 Å². The van der Waals surface area contributed by atoms with E-state index in [1.807, 2.05) is 0 Å². The van der Waals surface area contributed by atoms with Crippen LogP contribution in [0.25, 0.3) is 0 Å². The Bertz CT molecular complexity index is 113. The lowest BCUT2D eigenvalue weighted by atomic mass is 10.4. The molecule has 2 heteroatoms. The summed E-state index contributed by atoms with van der Waals surface area (Å²) >= 11 is 0. The molecule has 1 aliphatic heterocycles. The summed E-state index contributed by atoms with van der Waals surface area (Å²) in [6, 6.07) is 1.59. The molecule has 1 aliphatic rings.